The number of fused-ring (bicyclic) bond motifs is 1. The summed E-state index contributed by atoms with van der Waals surface area (Å²) in [5.41, 5.74) is 1.43. The topological polar surface area (TPSA) is 118 Å². The highest BCUT2D eigenvalue weighted by atomic mass is 32.2. The normalized spacial score (nSPS) is 13.9. The van der Waals surface area contributed by atoms with Gasteiger partial charge in [-0.2, -0.15) is 0 Å². The molecule has 1 aliphatic rings. The van der Waals surface area contributed by atoms with E-state index < -0.39 is 15.7 Å². The monoisotopic (exact) mass is 507 g/mol. The van der Waals surface area contributed by atoms with Crippen molar-refractivity contribution in [1.29, 1.82) is 0 Å². The van der Waals surface area contributed by atoms with Crippen LogP contribution >= 0.6 is 23.1 Å². The fourth-order valence-electron chi connectivity index (χ4n) is 3.93. The van der Waals surface area contributed by atoms with Gasteiger partial charge in [-0.05, 0) is 56.6 Å². The van der Waals surface area contributed by atoms with Crippen LogP contribution in [0.1, 0.15) is 30.5 Å². The van der Waals surface area contributed by atoms with Crippen molar-refractivity contribution in [2.45, 2.75) is 48.0 Å². The van der Waals surface area contributed by atoms with E-state index >= 15 is 0 Å². The van der Waals surface area contributed by atoms with Crippen molar-refractivity contribution >= 4 is 33.1 Å². The first kappa shape index (κ1) is 23.9. The van der Waals surface area contributed by atoms with Gasteiger partial charge >= 0.3 is 5.69 Å². The molecule has 0 fully saturated rings. The molecule has 3 aromatic heterocycles. The summed E-state index contributed by atoms with van der Waals surface area (Å²) in [7, 11) is -2.13. The summed E-state index contributed by atoms with van der Waals surface area (Å²) in [6.45, 7) is 0.603. The molecule has 3 aromatic rings. The molecule has 4 rings (SSSR count). The maximum Gasteiger partial charge on any atom is 0.328 e. The lowest BCUT2D eigenvalue weighted by Gasteiger charge is -2.21. The Kier molecular flexibility index (Phi) is 7.17. The number of H-pyrrole nitrogens is 1. The molecular weight excluding hydrogens is 482 g/mol. The zero-order valence-electron chi connectivity index (χ0n) is 18.4. The zero-order valence-corrected chi connectivity index (χ0v) is 20.9. The predicted octanol–water partition coefficient (Wildman–Crippen LogP) is 2.37. The maximum atomic E-state index is 13.1. The van der Waals surface area contributed by atoms with Crippen LogP contribution in [-0.2, 0) is 29.4 Å². The highest BCUT2D eigenvalue weighted by molar-refractivity contribution is 7.98. The summed E-state index contributed by atoms with van der Waals surface area (Å²) in [4.78, 5) is 36.2. The van der Waals surface area contributed by atoms with Crippen LogP contribution in [0.5, 0.6) is 0 Å². The second kappa shape index (κ2) is 9.92. The summed E-state index contributed by atoms with van der Waals surface area (Å²) in [6.07, 6.45) is 7.24. The maximum absolute atomic E-state index is 13.1. The lowest BCUT2D eigenvalue weighted by molar-refractivity contribution is 0.437. The van der Waals surface area contributed by atoms with Crippen molar-refractivity contribution in [3.8, 4) is 10.6 Å². The molecule has 33 heavy (non-hydrogen) atoms. The van der Waals surface area contributed by atoms with Crippen LogP contribution < -0.4 is 11.2 Å². The van der Waals surface area contributed by atoms with Crippen molar-refractivity contribution in [2.75, 3.05) is 19.8 Å². The van der Waals surface area contributed by atoms with Gasteiger partial charge in [0.25, 0.3) is 15.6 Å². The fourth-order valence-corrected chi connectivity index (χ4v) is 6.98. The highest BCUT2D eigenvalue weighted by Gasteiger charge is 2.24. The first-order chi connectivity index (χ1) is 15.8. The lowest BCUT2D eigenvalue weighted by Crippen LogP contribution is -2.37. The molecule has 0 atom stereocenters. The van der Waals surface area contributed by atoms with Gasteiger partial charge in [0.05, 0.1) is 10.6 Å². The van der Waals surface area contributed by atoms with Gasteiger partial charge in [-0.1, -0.05) is 11.8 Å². The fraction of sp³-hybridized carbons (Fsp3) is 0.429. The summed E-state index contributed by atoms with van der Waals surface area (Å²) in [6, 6.07) is 5.10. The Balaban J connectivity index is 1.46. The van der Waals surface area contributed by atoms with Gasteiger partial charge in [0, 0.05) is 37.6 Å². The summed E-state index contributed by atoms with van der Waals surface area (Å²) >= 11 is 2.59. The molecule has 0 bridgehead atoms. The standard InChI is InChI=1S/C21H25N5O4S3/c1-25(12-5-13-26-16-7-4-3-6-14(16)19(27)24-21(26)28)33(29,30)18-9-8-17(32-18)15-10-11-22-20(23-15)31-2/h8-11H,3-7,12-13H2,1-2H3,(H,24,27,28). The van der Waals surface area contributed by atoms with Crippen LogP contribution in [0.4, 0.5) is 0 Å². The van der Waals surface area contributed by atoms with E-state index in [0.717, 1.165) is 23.4 Å². The molecule has 0 saturated carbocycles. The summed E-state index contributed by atoms with van der Waals surface area (Å²) in [5, 5.41) is 0.627. The average molecular weight is 508 g/mol. The second-order valence-electron chi connectivity index (χ2n) is 7.77. The number of thiophene rings is 1. The molecule has 1 aliphatic carbocycles. The quantitative estimate of drug-likeness (QED) is 0.367. The molecule has 0 aromatic carbocycles. The van der Waals surface area contributed by atoms with Crippen LogP contribution in [0, 0.1) is 0 Å². The minimum Gasteiger partial charge on any atom is -0.297 e. The molecule has 0 saturated heterocycles. The highest BCUT2D eigenvalue weighted by Crippen LogP contribution is 2.31. The third kappa shape index (κ3) is 4.98. The molecular formula is C21H25N5O4S3. The van der Waals surface area contributed by atoms with E-state index in [1.54, 1.807) is 29.0 Å². The zero-order chi connectivity index (χ0) is 23.6. The Labute approximate surface area is 200 Å². The van der Waals surface area contributed by atoms with E-state index in [0.29, 0.717) is 42.2 Å². The van der Waals surface area contributed by atoms with E-state index in [2.05, 4.69) is 15.0 Å². The summed E-state index contributed by atoms with van der Waals surface area (Å²) < 4.78 is 29.3. The first-order valence-electron chi connectivity index (χ1n) is 10.6. The molecule has 1 N–H and O–H groups in total. The van der Waals surface area contributed by atoms with Crippen LogP contribution in [0.15, 0.2) is 43.4 Å². The molecule has 0 spiro atoms. The Morgan fingerprint density at radius 1 is 1.21 bits per heavy atom. The number of aromatic nitrogens is 4. The van der Waals surface area contributed by atoms with Gasteiger partial charge < -0.3 is 0 Å². The van der Waals surface area contributed by atoms with Gasteiger partial charge in [-0.15, -0.1) is 11.3 Å². The van der Waals surface area contributed by atoms with E-state index in [1.165, 1.54) is 34.5 Å². The SMILES string of the molecule is CSc1nccc(-c2ccc(S(=O)(=O)N(C)CCCn3c4c(c(=O)[nH]c3=O)CCCC4)s2)n1. The molecule has 0 amide bonds. The molecule has 176 valence electrons. The largest absolute Gasteiger partial charge is 0.328 e. The smallest absolute Gasteiger partial charge is 0.297 e. The van der Waals surface area contributed by atoms with Crippen molar-refractivity contribution in [1.82, 2.24) is 23.8 Å². The van der Waals surface area contributed by atoms with Crippen molar-refractivity contribution in [3.05, 3.63) is 56.5 Å². The van der Waals surface area contributed by atoms with Gasteiger partial charge in [-0.25, -0.2) is 27.5 Å². The first-order valence-corrected chi connectivity index (χ1v) is 14.1. The Morgan fingerprint density at radius 3 is 2.79 bits per heavy atom. The van der Waals surface area contributed by atoms with Crippen LogP contribution in [0.2, 0.25) is 0 Å². The van der Waals surface area contributed by atoms with E-state index in [-0.39, 0.29) is 16.3 Å². The molecule has 0 radical (unpaired) electrons. The summed E-state index contributed by atoms with van der Waals surface area (Å²) in [5.74, 6) is 0. The molecule has 0 aliphatic heterocycles. The van der Waals surface area contributed by atoms with E-state index in [1.807, 2.05) is 6.26 Å². The van der Waals surface area contributed by atoms with Crippen molar-refractivity contribution < 1.29 is 8.42 Å². The lowest BCUT2D eigenvalue weighted by atomic mass is 9.97. The van der Waals surface area contributed by atoms with Gasteiger partial charge in [0.1, 0.15) is 4.21 Å². The number of nitrogens with one attached hydrogen (secondary N) is 1. The number of nitrogens with zero attached hydrogens (tertiary/aromatic N) is 4. The number of aromatic amines is 1. The number of hydrogen-bond acceptors (Lipinski definition) is 8. The van der Waals surface area contributed by atoms with Crippen molar-refractivity contribution in [2.24, 2.45) is 0 Å². The predicted molar refractivity (Wildman–Crippen MR) is 130 cm³/mol. The van der Waals surface area contributed by atoms with Crippen molar-refractivity contribution in [3.63, 3.8) is 0 Å². The Morgan fingerprint density at radius 2 is 2.00 bits per heavy atom. The average Bonchev–Trinajstić information content (AvgIpc) is 3.32. The Hall–Kier alpha value is -2.28. The number of thioether (sulfide) groups is 1. The van der Waals surface area contributed by atoms with E-state index in [9.17, 15) is 18.0 Å². The van der Waals surface area contributed by atoms with Crippen LogP contribution in [0.25, 0.3) is 10.6 Å². The minimum atomic E-state index is -3.67. The van der Waals surface area contributed by atoms with E-state index in [4.69, 9.17) is 0 Å². The Bertz CT molecular complexity index is 1380. The molecule has 3 heterocycles. The number of hydrogen-bond donors (Lipinski definition) is 1. The molecule has 12 heteroatoms. The second-order valence-corrected chi connectivity index (χ2v) is 11.9. The van der Waals surface area contributed by atoms with Crippen LogP contribution in [-0.4, -0.2) is 52.1 Å². The molecule has 0 unspecified atom stereocenters. The van der Waals surface area contributed by atoms with Gasteiger partial charge in [0.15, 0.2) is 5.16 Å². The van der Waals surface area contributed by atoms with Gasteiger partial charge in [0.2, 0.25) is 0 Å². The molecule has 9 nitrogen and oxygen atoms in total. The van der Waals surface area contributed by atoms with Gasteiger partial charge in [-0.3, -0.25) is 14.3 Å². The number of sulfonamides is 1. The third-order valence-electron chi connectivity index (χ3n) is 5.67. The van der Waals surface area contributed by atoms with Crippen LogP contribution in [0.3, 0.4) is 0 Å². The number of rotatable bonds is 8. The third-order valence-corrected chi connectivity index (χ3v) is 9.67. The minimum absolute atomic E-state index is 0.239.